The van der Waals surface area contributed by atoms with Crippen LogP contribution in [-0.2, 0) is 0 Å². The second kappa shape index (κ2) is 13.6. The molecule has 268 valence electrons. The molecule has 11 aromatic rings. The number of furan rings is 1. The lowest BCUT2D eigenvalue weighted by Crippen LogP contribution is -2.10. The molecular formula is C54H36N2O. The Hall–Kier alpha value is -7.62. The Morgan fingerprint density at radius 2 is 0.825 bits per heavy atom. The van der Waals surface area contributed by atoms with Crippen molar-refractivity contribution in [1.29, 1.82) is 0 Å². The molecule has 1 heterocycles. The molecule has 0 spiro atoms. The summed E-state index contributed by atoms with van der Waals surface area (Å²) in [5.74, 6) is 0. The van der Waals surface area contributed by atoms with Crippen LogP contribution in [0.25, 0.3) is 65.4 Å². The van der Waals surface area contributed by atoms with Gasteiger partial charge in [-0.3, -0.25) is 0 Å². The molecule has 1 aromatic heterocycles. The van der Waals surface area contributed by atoms with Crippen LogP contribution in [0.2, 0.25) is 0 Å². The van der Waals surface area contributed by atoms with Gasteiger partial charge in [0.05, 0.1) is 5.69 Å². The summed E-state index contributed by atoms with van der Waals surface area (Å²) in [6.07, 6.45) is 0. The van der Waals surface area contributed by atoms with Crippen molar-refractivity contribution in [3.05, 3.63) is 218 Å². The number of hydrogen-bond acceptors (Lipinski definition) is 3. The van der Waals surface area contributed by atoms with E-state index in [0.717, 1.165) is 72.6 Å². The largest absolute Gasteiger partial charge is 0.455 e. The van der Waals surface area contributed by atoms with Gasteiger partial charge >= 0.3 is 0 Å². The number of benzene rings is 10. The van der Waals surface area contributed by atoms with Crippen LogP contribution in [0.3, 0.4) is 0 Å². The van der Waals surface area contributed by atoms with E-state index >= 15 is 0 Å². The third kappa shape index (κ3) is 5.60. The zero-order chi connectivity index (χ0) is 37.7. The van der Waals surface area contributed by atoms with Gasteiger partial charge in [0.15, 0.2) is 0 Å². The SMILES string of the molecule is c1ccc(N(c2ccccc2)c2ccc(-c3ccc4c(c3)c3ccccc3c3c5ccc(N(c6ccccc6)c6cccc7ccccc67)cc5oc43)cc2)cc1. The van der Waals surface area contributed by atoms with Crippen molar-refractivity contribution in [3.8, 4) is 11.1 Å². The molecule has 0 unspecified atom stereocenters. The lowest BCUT2D eigenvalue weighted by Gasteiger charge is -2.26. The minimum Gasteiger partial charge on any atom is -0.455 e. The fraction of sp³-hybridized carbons (Fsp3) is 0. The Labute approximate surface area is 330 Å². The van der Waals surface area contributed by atoms with Crippen molar-refractivity contribution in [3.63, 3.8) is 0 Å². The highest BCUT2D eigenvalue weighted by Gasteiger charge is 2.20. The van der Waals surface area contributed by atoms with Crippen LogP contribution in [0.5, 0.6) is 0 Å². The first-order valence-electron chi connectivity index (χ1n) is 19.4. The van der Waals surface area contributed by atoms with E-state index in [1.807, 2.05) is 0 Å². The molecule has 0 radical (unpaired) electrons. The Morgan fingerprint density at radius 1 is 0.298 bits per heavy atom. The van der Waals surface area contributed by atoms with Crippen molar-refractivity contribution in [2.75, 3.05) is 9.80 Å². The summed E-state index contributed by atoms with van der Waals surface area (Å²) < 4.78 is 6.96. The average molecular weight is 729 g/mol. The normalized spacial score (nSPS) is 11.5. The first kappa shape index (κ1) is 32.8. The van der Waals surface area contributed by atoms with E-state index in [9.17, 15) is 0 Å². The van der Waals surface area contributed by atoms with Gasteiger partial charge in [0, 0.05) is 56.0 Å². The lowest BCUT2D eigenvalue weighted by molar-refractivity contribution is 0.673. The summed E-state index contributed by atoms with van der Waals surface area (Å²) in [5, 5.41) is 9.34. The standard InChI is InChI=1S/C54H36N2O/c1-4-17-40(18-5-1)55(41-19-6-2-7-20-41)43-30-27-37(28-31-43)39-29-33-48-50(35-39)46-24-12-13-25-47(46)53-49-34-32-44(36-52(49)57-54(48)53)56(42-21-8-3-9-22-42)51-26-14-16-38-15-10-11-23-45(38)51/h1-36H. The van der Waals surface area contributed by atoms with Crippen LogP contribution in [-0.4, -0.2) is 0 Å². The zero-order valence-corrected chi connectivity index (χ0v) is 31.1. The van der Waals surface area contributed by atoms with Crippen molar-refractivity contribution in [1.82, 2.24) is 0 Å². The Kier molecular flexibility index (Phi) is 7.82. The molecule has 0 N–H and O–H groups in total. The maximum absolute atomic E-state index is 6.96. The Bertz CT molecular complexity index is 3180. The number of para-hydroxylation sites is 3. The number of fused-ring (bicyclic) bond motifs is 9. The minimum atomic E-state index is 0.863. The predicted molar refractivity (Wildman–Crippen MR) is 241 cm³/mol. The zero-order valence-electron chi connectivity index (χ0n) is 31.1. The predicted octanol–water partition coefficient (Wildman–Crippen LogP) is 15.7. The van der Waals surface area contributed by atoms with E-state index < -0.39 is 0 Å². The van der Waals surface area contributed by atoms with Crippen molar-refractivity contribution in [2.24, 2.45) is 0 Å². The lowest BCUT2D eigenvalue weighted by atomic mass is 9.94. The molecule has 0 saturated heterocycles. The van der Waals surface area contributed by atoms with E-state index in [4.69, 9.17) is 4.42 Å². The van der Waals surface area contributed by atoms with Crippen LogP contribution < -0.4 is 9.80 Å². The molecule has 3 nitrogen and oxygen atoms in total. The minimum absolute atomic E-state index is 0.863. The third-order valence-electron chi connectivity index (χ3n) is 11.2. The van der Waals surface area contributed by atoms with Crippen LogP contribution in [0.1, 0.15) is 0 Å². The second-order valence-corrected chi connectivity index (χ2v) is 14.5. The first-order chi connectivity index (χ1) is 28.3. The molecule has 3 heteroatoms. The third-order valence-corrected chi connectivity index (χ3v) is 11.2. The molecule has 57 heavy (non-hydrogen) atoms. The highest BCUT2D eigenvalue weighted by molar-refractivity contribution is 6.30. The summed E-state index contributed by atoms with van der Waals surface area (Å²) in [4.78, 5) is 4.63. The summed E-state index contributed by atoms with van der Waals surface area (Å²) in [5.41, 5.74) is 10.7. The topological polar surface area (TPSA) is 19.6 Å². The number of rotatable bonds is 7. The molecule has 10 aromatic carbocycles. The second-order valence-electron chi connectivity index (χ2n) is 14.5. The molecule has 0 saturated carbocycles. The monoisotopic (exact) mass is 728 g/mol. The molecule has 0 aliphatic rings. The molecule has 0 amide bonds. The molecule has 0 atom stereocenters. The van der Waals surface area contributed by atoms with Crippen LogP contribution in [0.4, 0.5) is 34.1 Å². The highest BCUT2D eigenvalue weighted by atomic mass is 16.3. The van der Waals surface area contributed by atoms with Crippen LogP contribution >= 0.6 is 0 Å². The van der Waals surface area contributed by atoms with Crippen LogP contribution in [0, 0.1) is 0 Å². The smallest absolute Gasteiger partial charge is 0.143 e. The van der Waals surface area contributed by atoms with Gasteiger partial charge in [0.2, 0.25) is 0 Å². The van der Waals surface area contributed by atoms with E-state index in [-0.39, 0.29) is 0 Å². The average Bonchev–Trinajstić information content (AvgIpc) is 3.67. The number of nitrogens with zero attached hydrogens (tertiary/aromatic N) is 2. The molecule has 0 aliphatic heterocycles. The van der Waals surface area contributed by atoms with E-state index in [0.29, 0.717) is 0 Å². The quantitative estimate of drug-likeness (QED) is 0.152. The van der Waals surface area contributed by atoms with Crippen molar-refractivity contribution >= 4 is 88.4 Å². The van der Waals surface area contributed by atoms with E-state index in [2.05, 4.69) is 228 Å². The summed E-state index contributed by atoms with van der Waals surface area (Å²) in [6, 6.07) is 77.9. The first-order valence-corrected chi connectivity index (χ1v) is 19.4. The summed E-state index contributed by atoms with van der Waals surface area (Å²) >= 11 is 0. The van der Waals surface area contributed by atoms with Gasteiger partial charge in [-0.05, 0) is 112 Å². The van der Waals surface area contributed by atoms with Crippen molar-refractivity contribution < 1.29 is 4.42 Å². The van der Waals surface area contributed by atoms with Crippen molar-refractivity contribution in [2.45, 2.75) is 0 Å². The van der Waals surface area contributed by atoms with E-state index in [1.54, 1.807) is 0 Å². The Morgan fingerprint density at radius 3 is 1.53 bits per heavy atom. The number of anilines is 6. The Balaban J connectivity index is 1.04. The van der Waals surface area contributed by atoms with Gasteiger partial charge in [-0.15, -0.1) is 0 Å². The highest BCUT2D eigenvalue weighted by Crippen LogP contribution is 2.45. The summed E-state index contributed by atoms with van der Waals surface area (Å²) in [6.45, 7) is 0. The molecular weight excluding hydrogens is 693 g/mol. The number of hydrogen-bond donors (Lipinski definition) is 0. The maximum atomic E-state index is 6.96. The van der Waals surface area contributed by atoms with Gasteiger partial charge in [0.1, 0.15) is 11.2 Å². The fourth-order valence-electron chi connectivity index (χ4n) is 8.57. The van der Waals surface area contributed by atoms with Gasteiger partial charge in [-0.2, -0.15) is 0 Å². The van der Waals surface area contributed by atoms with E-state index in [1.165, 1.54) is 26.9 Å². The van der Waals surface area contributed by atoms with Crippen LogP contribution in [0.15, 0.2) is 223 Å². The maximum Gasteiger partial charge on any atom is 0.143 e. The fourth-order valence-corrected chi connectivity index (χ4v) is 8.57. The van der Waals surface area contributed by atoms with Gasteiger partial charge < -0.3 is 14.2 Å². The summed E-state index contributed by atoms with van der Waals surface area (Å²) in [7, 11) is 0. The van der Waals surface area contributed by atoms with Gasteiger partial charge in [0.25, 0.3) is 0 Å². The molecule has 11 rings (SSSR count). The molecule has 0 aliphatic carbocycles. The van der Waals surface area contributed by atoms with Gasteiger partial charge in [-0.1, -0.05) is 133 Å². The molecule has 0 fully saturated rings. The van der Waals surface area contributed by atoms with Gasteiger partial charge in [-0.25, -0.2) is 0 Å². The molecule has 0 bridgehead atoms.